The number of ketones is 1. The number of aliphatic hydroxyl groups is 1. The summed E-state index contributed by atoms with van der Waals surface area (Å²) < 4.78 is 39.8. The van der Waals surface area contributed by atoms with Crippen LogP contribution in [0.15, 0.2) is 93.7 Å². The molecule has 1 atom stereocenters. The second-order valence-corrected chi connectivity index (χ2v) is 12.1. The Labute approximate surface area is 234 Å². The van der Waals surface area contributed by atoms with Gasteiger partial charge in [-0.15, -0.1) is 0 Å². The van der Waals surface area contributed by atoms with Gasteiger partial charge in [0.15, 0.2) is 5.13 Å². The van der Waals surface area contributed by atoms with Gasteiger partial charge in [0.05, 0.1) is 27.6 Å². The average Bonchev–Trinajstić information content (AvgIpc) is 3.53. The zero-order valence-electron chi connectivity index (χ0n) is 19.9. The molecule has 1 amide bonds. The number of carbonyl (C=O) groups is 2. The van der Waals surface area contributed by atoms with Crippen LogP contribution in [0.25, 0.3) is 5.76 Å². The lowest BCUT2D eigenvalue weighted by molar-refractivity contribution is -0.384. The van der Waals surface area contributed by atoms with Crippen LogP contribution in [0.5, 0.6) is 0 Å². The van der Waals surface area contributed by atoms with Crippen LogP contribution in [-0.4, -0.2) is 35.1 Å². The van der Waals surface area contributed by atoms with Crippen molar-refractivity contribution in [3.05, 3.63) is 117 Å². The Morgan fingerprint density at radius 2 is 1.65 bits per heavy atom. The molecule has 4 aromatic rings. The van der Waals surface area contributed by atoms with Gasteiger partial charge in [-0.05, 0) is 54.1 Å². The number of aliphatic hydroxyl groups excluding tert-OH is 1. The highest BCUT2D eigenvalue weighted by atomic mass is 35.5. The number of nitrogens with zero attached hydrogens (tertiary/aromatic N) is 3. The predicted octanol–water partition coefficient (Wildman–Crippen LogP) is 5.30. The summed E-state index contributed by atoms with van der Waals surface area (Å²) in [6.07, 6.45) is 0.997. The molecule has 10 nitrogen and oxygen atoms in total. The van der Waals surface area contributed by atoms with Crippen LogP contribution in [0.1, 0.15) is 17.2 Å². The minimum Gasteiger partial charge on any atom is -0.507 e. The molecule has 2 heterocycles. The Kier molecular flexibility index (Phi) is 6.96. The van der Waals surface area contributed by atoms with Gasteiger partial charge in [0, 0.05) is 22.7 Å². The zero-order chi connectivity index (χ0) is 28.8. The number of benzene rings is 3. The van der Waals surface area contributed by atoms with Crippen molar-refractivity contribution in [2.75, 3.05) is 4.90 Å². The summed E-state index contributed by atoms with van der Waals surface area (Å²) in [5, 5.41) is 22.2. The Morgan fingerprint density at radius 1 is 1.02 bits per heavy atom. The molecule has 0 aliphatic carbocycles. The number of Topliss-reactive ketones (excluding diaryl/α,β-unsaturated/α-hetero) is 1. The van der Waals surface area contributed by atoms with Crippen LogP contribution < -0.4 is 4.90 Å². The number of amides is 1. The van der Waals surface area contributed by atoms with E-state index < -0.39 is 44.1 Å². The fourth-order valence-corrected chi connectivity index (χ4v) is 6.78. The molecule has 0 spiro atoms. The molecule has 0 saturated carbocycles. The number of nitro benzene ring substituents is 1. The number of halogens is 2. The zero-order valence-corrected chi connectivity index (χ0v) is 22.3. The van der Waals surface area contributed by atoms with Crippen LogP contribution in [0, 0.1) is 15.9 Å². The van der Waals surface area contributed by atoms with Crippen molar-refractivity contribution < 1.29 is 32.4 Å². The third kappa shape index (κ3) is 4.74. The monoisotopic (exact) mass is 599 g/mol. The van der Waals surface area contributed by atoms with Gasteiger partial charge in [0.1, 0.15) is 15.8 Å². The fraction of sp³-hybridized carbons (Fsp3) is 0.0385. The lowest BCUT2D eigenvalue weighted by Crippen LogP contribution is -2.29. The number of rotatable bonds is 6. The first-order chi connectivity index (χ1) is 19.0. The van der Waals surface area contributed by atoms with Gasteiger partial charge in [-0.25, -0.2) is 17.8 Å². The maximum atomic E-state index is 13.7. The molecule has 1 aromatic heterocycles. The third-order valence-corrected chi connectivity index (χ3v) is 9.53. The molecule has 1 aliphatic heterocycles. The SMILES string of the molecule is O=C1C(=O)N(c2ncc(S(=O)(=O)c3ccc([N+](=O)[O-])cc3)s2)C(c2ccc(F)cc2)C1=C(O)c1ccc(Cl)cc1. The highest BCUT2D eigenvalue weighted by Crippen LogP contribution is 2.44. The molecule has 3 aromatic carbocycles. The number of sulfone groups is 1. The number of non-ortho nitro benzene ring substituents is 1. The first kappa shape index (κ1) is 27.1. The van der Waals surface area contributed by atoms with E-state index in [1.807, 2.05) is 0 Å². The molecule has 1 saturated heterocycles. The molecular weight excluding hydrogens is 585 g/mol. The Balaban J connectivity index is 1.62. The van der Waals surface area contributed by atoms with Crippen molar-refractivity contribution in [2.45, 2.75) is 15.1 Å². The molecule has 1 N–H and O–H groups in total. The van der Waals surface area contributed by atoms with E-state index in [4.69, 9.17) is 11.6 Å². The lowest BCUT2D eigenvalue weighted by atomic mass is 9.95. The fourth-order valence-electron chi connectivity index (χ4n) is 4.10. The molecule has 0 bridgehead atoms. The van der Waals surface area contributed by atoms with E-state index >= 15 is 0 Å². The van der Waals surface area contributed by atoms with E-state index in [9.17, 15) is 37.6 Å². The van der Waals surface area contributed by atoms with E-state index in [0.717, 1.165) is 47.5 Å². The van der Waals surface area contributed by atoms with Crippen LogP contribution in [0.4, 0.5) is 15.2 Å². The Hall–Kier alpha value is -4.46. The van der Waals surface area contributed by atoms with Crippen molar-refractivity contribution >= 4 is 61.0 Å². The molecule has 40 heavy (non-hydrogen) atoms. The van der Waals surface area contributed by atoms with Crippen molar-refractivity contribution in [1.82, 2.24) is 4.98 Å². The smallest absolute Gasteiger partial charge is 0.301 e. The number of thiazole rings is 1. The highest BCUT2D eigenvalue weighted by molar-refractivity contribution is 7.93. The molecule has 5 rings (SSSR count). The molecule has 1 aliphatic rings. The molecule has 14 heteroatoms. The number of aromatic nitrogens is 1. The summed E-state index contributed by atoms with van der Waals surface area (Å²) in [6.45, 7) is 0. The van der Waals surface area contributed by atoms with E-state index in [-0.39, 0.29) is 36.6 Å². The molecule has 0 radical (unpaired) electrons. The van der Waals surface area contributed by atoms with Crippen LogP contribution in [-0.2, 0) is 19.4 Å². The number of carbonyl (C=O) groups excluding carboxylic acids is 2. The first-order valence-corrected chi connectivity index (χ1v) is 13.9. The lowest BCUT2D eigenvalue weighted by Gasteiger charge is -2.23. The van der Waals surface area contributed by atoms with Gasteiger partial charge in [0.25, 0.3) is 11.5 Å². The van der Waals surface area contributed by atoms with Crippen molar-refractivity contribution in [3.8, 4) is 0 Å². The quantitative estimate of drug-likeness (QED) is 0.103. The van der Waals surface area contributed by atoms with E-state index in [0.29, 0.717) is 16.4 Å². The second kappa shape index (κ2) is 10.3. The maximum Gasteiger partial charge on any atom is 0.301 e. The van der Waals surface area contributed by atoms with Gasteiger partial charge in [-0.2, -0.15) is 0 Å². The van der Waals surface area contributed by atoms with Gasteiger partial charge >= 0.3 is 5.91 Å². The van der Waals surface area contributed by atoms with Crippen molar-refractivity contribution in [3.63, 3.8) is 0 Å². The summed E-state index contributed by atoms with van der Waals surface area (Å²) in [5.74, 6) is -3.23. The van der Waals surface area contributed by atoms with Gasteiger partial charge < -0.3 is 5.11 Å². The van der Waals surface area contributed by atoms with Gasteiger partial charge in [-0.3, -0.25) is 24.6 Å². The summed E-state index contributed by atoms with van der Waals surface area (Å²) in [6, 6.07) is 13.7. The van der Waals surface area contributed by atoms with Gasteiger partial charge in [-0.1, -0.05) is 35.1 Å². The van der Waals surface area contributed by atoms with Crippen LogP contribution >= 0.6 is 22.9 Å². The summed E-state index contributed by atoms with van der Waals surface area (Å²) >= 11 is 6.51. The normalized spacial score (nSPS) is 16.9. The second-order valence-electron chi connectivity index (χ2n) is 8.44. The minimum absolute atomic E-state index is 0.174. The van der Waals surface area contributed by atoms with E-state index in [1.165, 1.54) is 36.4 Å². The van der Waals surface area contributed by atoms with Crippen molar-refractivity contribution in [1.29, 1.82) is 0 Å². The average molecular weight is 600 g/mol. The molecule has 1 unspecified atom stereocenters. The first-order valence-electron chi connectivity index (χ1n) is 11.3. The third-order valence-electron chi connectivity index (χ3n) is 6.05. The number of hydrogen-bond donors (Lipinski definition) is 1. The summed E-state index contributed by atoms with van der Waals surface area (Å²) in [4.78, 5) is 41.5. The predicted molar refractivity (Wildman–Crippen MR) is 143 cm³/mol. The highest BCUT2D eigenvalue weighted by Gasteiger charge is 2.48. The van der Waals surface area contributed by atoms with E-state index in [1.54, 1.807) is 0 Å². The van der Waals surface area contributed by atoms with Crippen molar-refractivity contribution in [2.24, 2.45) is 0 Å². The standard InChI is InChI=1S/C26H15ClFN3O7S2/c27-16-5-1-15(2-6-16)23(32)21-22(14-3-7-17(28)8-4-14)30(25(34)24(21)33)26-29-13-20(39-26)40(37,38)19-11-9-18(10-12-19)31(35)36/h1-13,22,32H. The molecular formula is C26H15ClFN3O7S2. The number of nitro groups is 1. The summed E-state index contributed by atoms with van der Waals surface area (Å²) in [5.41, 5.74) is -0.165. The number of hydrogen-bond acceptors (Lipinski definition) is 9. The van der Waals surface area contributed by atoms with E-state index in [2.05, 4.69) is 4.98 Å². The minimum atomic E-state index is -4.20. The summed E-state index contributed by atoms with van der Waals surface area (Å²) in [7, 11) is -4.20. The molecule has 1 fully saturated rings. The topological polar surface area (TPSA) is 148 Å². The Morgan fingerprint density at radius 3 is 2.25 bits per heavy atom. The largest absolute Gasteiger partial charge is 0.507 e. The Bertz CT molecular complexity index is 1800. The maximum absolute atomic E-state index is 13.7. The number of anilines is 1. The molecule has 202 valence electrons. The van der Waals surface area contributed by atoms with Gasteiger partial charge in [0.2, 0.25) is 9.84 Å². The van der Waals surface area contributed by atoms with Crippen LogP contribution in [0.3, 0.4) is 0 Å². The van der Waals surface area contributed by atoms with Crippen LogP contribution in [0.2, 0.25) is 5.02 Å².